The highest BCUT2D eigenvalue weighted by molar-refractivity contribution is 5.94. The molecule has 9 nitrogen and oxygen atoms in total. The molecule has 0 radical (unpaired) electrons. The number of hydrogen-bond donors (Lipinski definition) is 5. The first-order valence-electron chi connectivity index (χ1n) is 13.6. The number of aliphatic hydroxyl groups excluding tert-OH is 1. The van der Waals surface area contributed by atoms with Gasteiger partial charge >= 0.3 is 6.09 Å². The molecule has 9 heteroatoms. The lowest BCUT2D eigenvalue weighted by Gasteiger charge is -2.28. The molecule has 0 atom stereocenters. The van der Waals surface area contributed by atoms with Crippen molar-refractivity contribution in [2.24, 2.45) is 0 Å². The fraction of sp³-hybridized carbons (Fsp3) is 0.533. The summed E-state index contributed by atoms with van der Waals surface area (Å²) >= 11 is 0. The van der Waals surface area contributed by atoms with Crippen LogP contribution < -0.4 is 21.3 Å². The Balaban J connectivity index is 2.39. The summed E-state index contributed by atoms with van der Waals surface area (Å²) in [5.74, 6) is -0.0812. The first kappa shape index (κ1) is 34.0. The van der Waals surface area contributed by atoms with E-state index in [0.29, 0.717) is 25.2 Å². The van der Waals surface area contributed by atoms with E-state index in [9.17, 15) is 9.59 Å². The molecule has 218 valence electrons. The Kier molecular flexibility index (Phi) is 16.7. The number of rotatable bonds is 20. The van der Waals surface area contributed by atoms with Crippen molar-refractivity contribution in [2.45, 2.75) is 45.7 Å². The quantitative estimate of drug-likeness (QED) is 0.0976. The summed E-state index contributed by atoms with van der Waals surface area (Å²) in [6, 6.07) is 7.23. The van der Waals surface area contributed by atoms with Gasteiger partial charge in [-0.05, 0) is 56.5 Å². The number of carbonyl (C=O) groups excluding carboxylic acids is 2. The summed E-state index contributed by atoms with van der Waals surface area (Å²) in [5.41, 5.74) is 3.06. The van der Waals surface area contributed by atoms with Crippen LogP contribution in [-0.2, 0) is 11.3 Å². The van der Waals surface area contributed by atoms with E-state index < -0.39 is 6.09 Å². The Morgan fingerprint density at radius 2 is 1.92 bits per heavy atom. The predicted octanol–water partition coefficient (Wildman–Crippen LogP) is 2.99. The highest BCUT2D eigenvalue weighted by atomic mass is 16.5. The van der Waals surface area contributed by atoms with Crippen LogP contribution in [0, 0.1) is 0 Å². The summed E-state index contributed by atoms with van der Waals surface area (Å²) in [7, 11) is 1.78. The zero-order valence-electron chi connectivity index (χ0n) is 24.3. The first-order valence-corrected chi connectivity index (χ1v) is 13.6. The number of carbonyl (C=O) groups is 2. The summed E-state index contributed by atoms with van der Waals surface area (Å²) < 4.78 is 5.17. The third-order valence-corrected chi connectivity index (χ3v) is 5.87. The fourth-order valence-corrected chi connectivity index (χ4v) is 3.59. The molecular weight excluding hydrogens is 494 g/mol. The van der Waals surface area contributed by atoms with E-state index in [2.05, 4.69) is 48.3 Å². The molecule has 1 rings (SSSR count). The van der Waals surface area contributed by atoms with Crippen LogP contribution in [0.1, 0.15) is 49.5 Å². The van der Waals surface area contributed by atoms with Crippen molar-refractivity contribution in [2.75, 3.05) is 59.5 Å². The van der Waals surface area contributed by atoms with Crippen molar-refractivity contribution >= 4 is 12.0 Å². The van der Waals surface area contributed by atoms with Crippen LogP contribution in [0.2, 0.25) is 0 Å². The van der Waals surface area contributed by atoms with E-state index in [4.69, 9.17) is 9.84 Å². The van der Waals surface area contributed by atoms with Gasteiger partial charge in [0.2, 0.25) is 0 Å². The molecule has 0 fully saturated rings. The van der Waals surface area contributed by atoms with Gasteiger partial charge in [0.25, 0.3) is 5.91 Å². The molecule has 0 aromatic heterocycles. The molecule has 0 unspecified atom stereocenters. The number of allylic oxidation sites excluding steroid dienone is 1. The number of nitrogens with zero attached hydrogens (tertiary/aromatic N) is 1. The van der Waals surface area contributed by atoms with Gasteiger partial charge in [-0.15, -0.1) is 0 Å². The van der Waals surface area contributed by atoms with Gasteiger partial charge in [-0.2, -0.15) is 0 Å². The zero-order valence-corrected chi connectivity index (χ0v) is 24.3. The average Bonchev–Trinajstić information content (AvgIpc) is 2.91. The van der Waals surface area contributed by atoms with E-state index in [1.54, 1.807) is 24.1 Å². The summed E-state index contributed by atoms with van der Waals surface area (Å²) in [6.45, 7) is 18.8. The second kappa shape index (κ2) is 19.1. The second-order valence-corrected chi connectivity index (χ2v) is 10.2. The summed E-state index contributed by atoms with van der Waals surface area (Å²) in [6.07, 6.45) is 5.02. The highest BCUT2D eigenvalue weighted by Crippen LogP contribution is 2.09. The van der Waals surface area contributed by atoms with Gasteiger partial charge in [0.15, 0.2) is 0 Å². The number of hydrogen-bond acceptors (Lipinski definition) is 7. The Bertz CT molecular complexity index is 945. The van der Waals surface area contributed by atoms with Gasteiger partial charge in [-0.3, -0.25) is 4.79 Å². The number of alkyl carbamates (subject to hydrolysis) is 1. The molecule has 0 bridgehead atoms. The van der Waals surface area contributed by atoms with Gasteiger partial charge in [0, 0.05) is 57.4 Å². The maximum Gasteiger partial charge on any atom is 0.407 e. The lowest BCUT2D eigenvalue weighted by Crippen LogP contribution is -2.50. The third kappa shape index (κ3) is 15.9. The maximum absolute atomic E-state index is 13.0. The van der Waals surface area contributed by atoms with Crippen LogP contribution in [0.5, 0.6) is 0 Å². The topological polar surface area (TPSA) is 115 Å². The number of ether oxygens (including phenoxy) is 1. The van der Waals surface area contributed by atoms with E-state index >= 15 is 0 Å². The number of nitrogens with one attached hydrogen (secondary N) is 4. The molecule has 0 aliphatic carbocycles. The largest absolute Gasteiger partial charge is 0.445 e. The molecule has 0 heterocycles. The van der Waals surface area contributed by atoms with Gasteiger partial charge in [-0.1, -0.05) is 49.9 Å². The molecule has 2 amide bonds. The molecule has 0 aliphatic heterocycles. The van der Waals surface area contributed by atoms with Crippen molar-refractivity contribution in [1.29, 1.82) is 0 Å². The monoisotopic (exact) mass is 543 g/mol. The van der Waals surface area contributed by atoms with E-state index in [-0.39, 0.29) is 31.2 Å². The van der Waals surface area contributed by atoms with Crippen LogP contribution in [0.25, 0.3) is 0 Å². The molecule has 1 aromatic rings. The van der Waals surface area contributed by atoms with Crippen LogP contribution in [0.4, 0.5) is 4.79 Å². The van der Waals surface area contributed by atoms with Crippen molar-refractivity contribution in [3.63, 3.8) is 0 Å². The van der Waals surface area contributed by atoms with Crippen LogP contribution >= 0.6 is 0 Å². The lowest BCUT2D eigenvalue weighted by atomic mass is 10.1. The Hall–Kier alpha value is -2.98. The minimum Gasteiger partial charge on any atom is -0.445 e. The Labute approximate surface area is 234 Å². The van der Waals surface area contributed by atoms with E-state index in [1.165, 1.54) is 0 Å². The van der Waals surface area contributed by atoms with E-state index in [1.807, 2.05) is 31.2 Å². The molecule has 0 aliphatic rings. The summed E-state index contributed by atoms with van der Waals surface area (Å²) in [5, 5.41) is 21.6. The SMILES string of the molecule is C=C(/C=C\CC)COC(=O)NCc1cccc(C(=O)N(C)CCNC(C)(C)CNCC(=C)CCNCCO)c1. The molecule has 1 aromatic carbocycles. The third-order valence-electron chi connectivity index (χ3n) is 5.87. The predicted molar refractivity (Wildman–Crippen MR) is 159 cm³/mol. The van der Waals surface area contributed by atoms with Crippen molar-refractivity contribution in [1.82, 2.24) is 26.2 Å². The number of benzene rings is 1. The van der Waals surface area contributed by atoms with Crippen LogP contribution in [0.15, 0.2) is 60.7 Å². The standard InChI is InChI=1S/C30H49N5O4/c1-7-8-10-25(3)22-39-29(38)33-21-26-11-9-12-27(19-26)28(37)35(6)17-15-34-30(4,5)23-32-20-24(2)13-14-31-16-18-36/h8-12,19,31-32,34,36H,2-3,7,13-18,20-23H2,1,4-6H3,(H,33,38)/b10-8-. The Morgan fingerprint density at radius 1 is 1.15 bits per heavy atom. The molecule has 5 N–H and O–H groups in total. The fourth-order valence-electron chi connectivity index (χ4n) is 3.59. The number of amides is 2. The van der Waals surface area contributed by atoms with Crippen molar-refractivity contribution in [3.05, 3.63) is 71.8 Å². The first-order chi connectivity index (χ1) is 18.6. The molecule has 39 heavy (non-hydrogen) atoms. The molecular formula is C30H49N5O4. The summed E-state index contributed by atoms with van der Waals surface area (Å²) in [4.78, 5) is 26.6. The van der Waals surface area contributed by atoms with Gasteiger partial charge in [0.05, 0.1) is 6.61 Å². The van der Waals surface area contributed by atoms with Gasteiger partial charge in [-0.25, -0.2) is 4.79 Å². The molecule has 0 spiro atoms. The normalized spacial score (nSPS) is 11.4. The van der Waals surface area contributed by atoms with Gasteiger partial charge in [0.1, 0.15) is 6.61 Å². The van der Waals surface area contributed by atoms with Crippen LogP contribution in [-0.4, -0.2) is 87.1 Å². The highest BCUT2D eigenvalue weighted by Gasteiger charge is 2.18. The average molecular weight is 544 g/mol. The number of likely N-dealkylation sites (N-methyl/N-ethyl adjacent to an activating group) is 1. The zero-order chi connectivity index (χ0) is 29.1. The van der Waals surface area contributed by atoms with Gasteiger partial charge < -0.3 is 36.0 Å². The second-order valence-electron chi connectivity index (χ2n) is 10.2. The van der Waals surface area contributed by atoms with Crippen molar-refractivity contribution in [3.8, 4) is 0 Å². The van der Waals surface area contributed by atoms with Crippen molar-refractivity contribution < 1.29 is 19.4 Å². The molecule has 0 saturated heterocycles. The van der Waals surface area contributed by atoms with E-state index in [0.717, 1.165) is 49.2 Å². The minimum atomic E-state index is -0.530. The minimum absolute atomic E-state index is 0.0812. The lowest BCUT2D eigenvalue weighted by molar-refractivity contribution is 0.0793. The number of aliphatic hydroxyl groups is 1. The Morgan fingerprint density at radius 3 is 2.64 bits per heavy atom. The maximum atomic E-state index is 13.0. The molecule has 0 saturated carbocycles. The smallest absolute Gasteiger partial charge is 0.407 e. The van der Waals surface area contributed by atoms with Crippen LogP contribution in [0.3, 0.4) is 0 Å².